The van der Waals surface area contributed by atoms with Crippen molar-refractivity contribution in [3.05, 3.63) is 47.2 Å². The highest BCUT2D eigenvalue weighted by molar-refractivity contribution is 5.41. The van der Waals surface area contributed by atoms with E-state index in [1.54, 1.807) is 21.3 Å². The molecule has 1 aromatic carbocycles. The topological polar surface area (TPSA) is 43.8 Å². The summed E-state index contributed by atoms with van der Waals surface area (Å²) in [6, 6.07) is 9.93. The predicted octanol–water partition coefficient (Wildman–Crippen LogP) is 2.62. The highest BCUT2D eigenvalue weighted by atomic mass is 16.5. The van der Waals surface area contributed by atoms with Crippen LogP contribution in [0.4, 0.5) is 0 Å². The molecule has 0 radical (unpaired) electrons. The van der Waals surface area contributed by atoms with E-state index in [-0.39, 0.29) is 0 Å². The van der Waals surface area contributed by atoms with Crippen LogP contribution in [0.15, 0.2) is 30.3 Å². The average molecular weight is 300 g/mol. The maximum Gasteiger partial charge on any atom is 0.213 e. The van der Waals surface area contributed by atoms with E-state index >= 15 is 0 Å². The van der Waals surface area contributed by atoms with Crippen LogP contribution < -0.4 is 14.2 Å². The molecule has 2 heterocycles. The number of rotatable bonds is 5. The summed E-state index contributed by atoms with van der Waals surface area (Å²) in [5.74, 6) is 2.32. The summed E-state index contributed by atoms with van der Waals surface area (Å²) in [6.45, 7) is 2.52. The van der Waals surface area contributed by atoms with Crippen LogP contribution in [-0.4, -0.2) is 31.2 Å². The molecule has 0 fully saturated rings. The van der Waals surface area contributed by atoms with Gasteiger partial charge in [0.05, 0.1) is 27.0 Å². The Kier molecular flexibility index (Phi) is 4.15. The number of hydrogen-bond donors (Lipinski definition) is 0. The quantitative estimate of drug-likeness (QED) is 0.849. The molecule has 0 bridgehead atoms. The van der Waals surface area contributed by atoms with Gasteiger partial charge in [0.1, 0.15) is 11.5 Å². The minimum absolute atomic E-state index is 0.669. The zero-order valence-electron chi connectivity index (χ0n) is 13.1. The largest absolute Gasteiger partial charge is 0.497 e. The van der Waals surface area contributed by atoms with E-state index < -0.39 is 0 Å². The molecule has 2 aromatic rings. The fraction of sp³-hybridized carbons (Fsp3) is 0.353. The first kappa shape index (κ1) is 14.7. The van der Waals surface area contributed by atoms with Gasteiger partial charge in [0.2, 0.25) is 5.88 Å². The molecule has 0 unspecified atom stereocenters. The van der Waals surface area contributed by atoms with Gasteiger partial charge in [-0.15, -0.1) is 0 Å². The normalized spacial score (nSPS) is 13.8. The molecular formula is C17H20N2O3. The van der Waals surface area contributed by atoms with E-state index in [1.807, 2.05) is 18.2 Å². The van der Waals surface area contributed by atoms with Gasteiger partial charge in [-0.25, -0.2) is 4.98 Å². The Balaban J connectivity index is 1.75. The Morgan fingerprint density at radius 3 is 2.59 bits per heavy atom. The smallest absolute Gasteiger partial charge is 0.213 e. The Bertz CT molecular complexity index is 673. The summed E-state index contributed by atoms with van der Waals surface area (Å²) in [5, 5.41) is 0. The van der Waals surface area contributed by atoms with Crippen LogP contribution in [0.5, 0.6) is 17.4 Å². The highest BCUT2D eigenvalue weighted by Gasteiger charge is 2.22. The average Bonchev–Trinajstić information content (AvgIpc) is 2.96. The van der Waals surface area contributed by atoms with Gasteiger partial charge in [0.25, 0.3) is 0 Å². The lowest BCUT2D eigenvalue weighted by Crippen LogP contribution is -2.16. The second-order valence-electron chi connectivity index (χ2n) is 5.28. The molecule has 0 saturated carbocycles. The maximum absolute atomic E-state index is 5.47. The highest BCUT2D eigenvalue weighted by Crippen LogP contribution is 2.29. The number of ether oxygens (including phenoxy) is 3. The predicted molar refractivity (Wildman–Crippen MR) is 83.3 cm³/mol. The van der Waals surface area contributed by atoms with Crippen LogP contribution in [0.25, 0.3) is 0 Å². The summed E-state index contributed by atoms with van der Waals surface area (Å²) < 4.78 is 15.9. The third kappa shape index (κ3) is 2.85. The van der Waals surface area contributed by atoms with Gasteiger partial charge >= 0.3 is 0 Å². The summed E-state index contributed by atoms with van der Waals surface area (Å²) in [6.07, 6.45) is 0. The van der Waals surface area contributed by atoms with Crippen molar-refractivity contribution in [3.8, 4) is 17.4 Å². The number of methoxy groups -OCH3 is 3. The monoisotopic (exact) mass is 300 g/mol. The number of nitrogens with zero attached hydrogens (tertiary/aromatic N) is 2. The van der Waals surface area contributed by atoms with Crippen molar-refractivity contribution in [3.63, 3.8) is 0 Å². The molecule has 0 atom stereocenters. The van der Waals surface area contributed by atoms with Crippen LogP contribution in [0.1, 0.15) is 16.8 Å². The molecule has 0 aliphatic carbocycles. The first-order valence-corrected chi connectivity index (χ1v) is 7.19. The molecular weight excluding hydrogens is 280 g/mol. The molecule has 5 heteroatoms. The molecule has 0 spiro atoms. The first-order valence-electron chi connectivity index (χ1n) is 7.19. The van der Waals surface area contributed by atoms with E-state index in [0.29, 0.717) is 5.88 Å². The van der Waals surface area contributed by atoms with Crippen molar-refractivity contribution in [1.82, 2.24) is 9.88 Å². The van der Waals surface area contributed by atoms with Gasteiger partial charge in [-0.2, -0.15) is 0 Å². The first-order chi connectivity index (χ1) is 10.7. The van der Waals surface area contributed by atoms with Crippen molar-refractivity contribution in [2.24, 2.45) is 0 Å². The molecule has 1 aromatic heterocycles. The van der Waals surface area contributed by atoms with Gasteiger partial charge in [0.15, 0.2) is 0 Å². The van der Waals surface area contributed by atoms with Crippen LogP contribution in [0, 0.1) is 0 Å². The van der Waals surface area contributed by atoms with Gasteiger partial charge in [-0.05, 0) is 11.6 Å². The third-order valence-electron chi connectivity index (χ3n) is 3.91. The van der Waals surface area contributed by atoms with Crippen LogP contribution in [0.2, 0.25) is 0 Å². The Hall–Kier alpha value is -2.27. The second-order valence-corrected chi connectivity index (χ2v) is 5.28. The fourth-order valence-corrected chi connectivity index (χ4v) is 2.75. The van der Waals surface area contributed by atoms with Crippen molar-refractivity contribution >= 4 is 0 Å². The minimum Gasteiger partial charge on any atom is -0.497 e. The zero-order chi connectivity index (χ0) is 15.5. The molecule has 0 amide bonds. The van der Waals surface area contributed by atoms with Gasteiger partial charge in [0, 0.05) is 37.3 Å². The number of benzene rings is 1. The van der Waals surface area contributed by atoms with Crippen LogP contribution >= 0.6 is 0 Å². The van der Waals surface area contributed by atoms with E-state index in [2.05, 4.69) is 22.0 Å². The lowest BCUT2D eigenvalue weighted by molar-refractivity contribution is 0.267. The number of pyridine rings is 1. The van der Waals surface area contributed by atoms with Gasteiger partial charge < -0.3 is 14.2 Å². The SMILES string of the molecule is COc1ccc(CN2Cc3ccc(OC)nc3C2)c(OC)c1. The molecule has 0 saturated heterocycles. The van der Waals surface area contributed by atoms with Crippen molar-refractivity contribution < 1.29 is 14.2 Å². The van der Waals surface area contributed by atoms with Crippen molar-refractivity contribution in [2.75, 3.05) is 21.3 Å². The molecule has 3 rings (SSSR count). The van der Waals surface area contributed by atoms with E-state index in [1.165, 1.54) is 5.56 Å². The maximum atomic E-state index is 5.47. The van der Waals surface area contributed by atoms with Crippen LogP contribution in [0.3, 0.4) is 0 Å². The molecule has 22 heavy (non-hydrogen) atoms. The van der Waals surface area contributed by atoms with Gasteiger partial charge in [-0.3, -0.25) is 4.90 Å². The lowest BCUT2D eigenvalue weighted by atomic mass is 10.2. The standard InChI is InChI=1S/C17H20N2O3/c1-20-14-6-4-13(16(8-14)21-2)10-19-9-12-5-7-17(22-3)18-15(12)11-19/h4-8H,9-11H2,1-3H3. The number of aromatic nitrogens is 1. The molecule has 1 aliphatic rings. The molecule has 1 aliphatic heterocycles. The fourth-order valence-electron chi connectivity index (χ4n) is 2.75. The molecule has 116 valence electrons. The molecule has 0 N–H and O–H groups in total. The third-order valence-corrected chi connectivity index (χ3v) is 3.91. The summed E-state index contributed by atoms with van der Waals surface area (Å²) in [4.78, 5) is 6.85. The van der Waals surface area contributed by atoms with Gasteiger partial charge in [-0.1, -0.05) is 12.1 Å². The minimum atomic E-state index is 0.669. The summed E-state index contributed by atoms with van der Waals surface area (Å²) in [5.41, 5.74) is 3.49. The van der Waals surface area contributed by atoms with E-state index in [9.17, 15) is 0 Å². The summed E-state index contributed by atoms with van der Waals surface area (Å²) in [7, 11) is 4.98. The van der Waals surface area contributed by atoms with Crippen LogP contribution in [-0.2, 0) is 19.6 Å². The molecule has 5 nitrogen and oxygen atoms in total. The summed E-state index contributed by atoms with van der Waals surface area (Å²) >= 11 is 0. The van der Waals surface area contributed by atoms with Crippen molar-refractivity contribution in [2.45, 2.75) is 19.6 Å². The Morgan fingerprint density at radius 2 is 1.86 bits per heavy atom. The Morgan fingerprint density at radius 1 is 1.00 bits per heavy atom. The van der Waals surface area contributed by atoms with Crippen molar-refractivity contribution in [1.29, 1.82) is 0 Å². The second kappa shape index (κ2) is 6.23. The lowest BCUT2D eigenvalue weighted by Gasteiger charge is -2.17. The number of hydrogen-bond acceptors (Lipinski definition) is 5. The van der Waals surface area contributed by atoms with E-state index in [0.717, 1.165) is 42.4 Å². The Labute approximate surface area is 130 Å². The zero-order valence-corrected chi connectivity index (χ0v) is 13.1. The van der Waals surface area contributed by atoms with E-state index in [4.69, 9.17) is 14.2 Å². The number of fused-ring (bicyclic) bond motifs is 1.